The lowest BCUT2D eigenvalue weighted by Gasteiger charge is -1.97. The molecule has 0 fully saturated rings. The maximum absolute atomic E-state index is 12.1. The third-order valence-corrected chi connectivity index (χ3v) is 3.72. The van der Waals surface area contributed by atoms with Gasteiger partial charge in [0, 0.05) is 11.4 Å². The van der Waals surface area contributed by atoms with Gasteiger partial charge in [-0.1, -0.05) is 0 Å². The molecular weight excluding hydrogens is 282 g/mol. The molecule has 2 aromatic heterocycles. The van der Waals surface area contributed by atoms with Crippen molar-refractivity contribution < 1.29 is 9.72 Å². The number of nitrogens with one attached hydrogen (secondary N) is 1. The van der Waals surface area contributed by atoms with Crippen LogP contribution in [0.1, 0.15) is 28.0 Å². The number of carbonyl (C=O) groups is 1. The van der Waals surface area contributed by atoms with Crippen molar-refractivity contribution in [2.45, 2.75) is 27.3 Å². The number of thiazole rings is 1. The van der Waals surface area contributed by atoms with Gasteiger partial charge in [0.25, 0.3) is 5.91 Å². The van der Waals surface area contributed by atoms with Gasteiger partial charge in [0.2, 0.25) is 5.69 Å². The standard InChI is InChI=1S/C11H13N5O3S/c1-4-15-5-8(16(18)19)9(14-15)10(17)13-11-12-6(2)7(3)20-11/h5H,4H2,1-3H3,(H,12,13,17). The molecule has 9 heteroatoms. The van der Waals surface area contributed by atoms with Gasteiger partial charge in [0.15, 0.2) is 5.13 Å². The van der Waals surface area contributed by atoms with Crippen LogP contribution in [0.4, 0.5) is 10.8 Å². The molecule has 0 saturated heterocycles. The van der Waals surface area contributed by atoms with E-state index in [1.165, 1.54) is 22.2 Å². The number of aryl methyl sites for hydroxylation is 3. The largest absolute Gasteiger partial charge is 0.320 e. The summed E-state index contributed by atoms with van der Waals surface area (Å²) in [6, 6.07) is 0. The summed E-state index contributed by atoms with van der Waals surface area (Å²) in [5, 5.41) is 17.8. The van der Waals surface area contributed by atoms with Crippen LogP contribution in [-0.4, -0.2) is 25.6 Å². The molecule has 20 heavy (non-hydrogen) atoms. The summed E-state index contributed by atoms with van der Waals surface area (Å²) in [6.07, 6.45) is 1.24. The summed E-state index contributed by atoms with van der Waals surface area (Å²) in [6.45, 7) is 5.95. The summed E-state index contributed by atoms with van der Waals surface area (Å²) < 4.78 is 1.35. The Morgan fingerprint density at radius 1 is 1.55 bits per heavy atom. The lowest BCUT2D eigenvalue weighted by Crippen LogP contribution is -2.14. The predicted octanol–water partition coefficient (Wildman–Crippen LogP) is 2.14. The zero-order valence-corrected chi connectivity index (χ0v) is 12.0. The van der Waals surface area contributed by atoms with E-state index in [-0.39, 0.29) is 11.4 Å². The van der Waals surface area contributed by atoms with E-state index in [9.17, 15) is 14.9 Å². The van der Waals surface area contributed by atoms with Crippen molar-refractivity contribution >= 4 is 28.1 Å². The van der Waals surface area contributed by atoms with Gasteiger partial charge in [0.1, 0.15) is 6.20 Å². The average molecular weight is 295 g/mol. The van der Waals surface area contributed by atoms with Crippen LogP contribution in [0.25, 0.3) is 0 Å². The van der Waals surface area contributed by atoms with Crippen LogP contribution in [0.5, 0.6) is 0 Å². The fourth-order valence-corrected chi connectivity index (χ4v) is 2.36. The number of nitro groups is 1. The van der Waals surface area contributed by atoms with Crippen molar-refractivity contribution in [2.75, 3.05) is 5.32 Å². The van der Waals surface area contributed by atoms with E-state index in [1.54, 1.807) is 6.92 Å². The normalized spacial score (nSPS) is 10.6. The Morgan fingerprint density at radius 2 is 2.25 bits per heavy atom. The van der Waals surface area contributed by atoms with E-state index in [0.717, 1.165) is 10.6 Å². The summed E-state index contributed by atoms with van der Waals surface area (Å²) in [4.78, 5) is 27.5. The Balaban J connectivity index is 2.28. The van der Waals surface area contributed by atoms with E-state index in [4.69, 9.17) is 0 Å². The van der Waals surface area contributed by atoms with Crippen molar-refractivity contribution in [3.63, 3.8) is 0 Å². The van der Waals surface area contributed by atoms with E-state index in [2.05, 4.69) is 15.4 Å². The third-order valence-electron chi connectivity index (χ3n) is 2.73. The number of aromatic nitrogens is 3. The Hall–Kier alpha value is -2.29. The fraction of sp³-hybridized carbons (Fsp3) is 0.364. The van der Waals surface area contributed by atoms with Gasteiger partial charge in [0.05, 0.1) is 10.6 Å². The molecule has 0 aliphatic heterocycles. The molecule has 8 nitrogen and oxygen atoms in total. The van der Waals surface area contributed by atoms with Gasteiger partial charge in [-0.25, -0.2) is 4.98 Å². The topological polar surface area (TPSA) is 103 Å². The summed E-state index contributed by atoms with van der Waals surface area (Å²) >= 11 is 1.32. The maximum Gasteiger partial charge on any atom is 0.320 e. The van der Waals surface area contributed by atoms with Crippen molar-refractivity contribution in [3.05, 3.63) is 32.6 Å². The molecule has 106 valence electrons. The van der Waals surface area contributed by atoms with Crippen molar-refractivity contribution in [1.82, 2.24) is 14.8 Å². The minimum Gasteiger partial charge on any atom is -0.296 e. The number of anilines is 1. The van der Waals surface area contributed by atoms with Gasteiger partial charge in [-0.05, 0) is 20.8 Å². The van der Waals surface area contributed by atoms with Crippen LogP contribution < -0.4 is 5.32 Å². The number of nitrogens with zero attached hydrogens (tertiary/aromatic N) is 4. The molecule has 0 radical (unpaired) electrons. The van der Waals surface area contributed by atoms with E-state index in [0.29, 0.717) is 11.7 Å². The maximum atomic E-state index is 12.1. The minimum atomic E-state index is -0.627. The summed E-state index contributed by atoms with van der Waals surface area (Å²) in [5.41, 5.74) is 0.301. The molecule has 0 aliphatic rings. The highest BCUT2D eigenvalue weighted by molar-refractivity contribution is 7.15. The number of carbonyl (C=O) groups excluding carboxylic acids is 1. The lowest BCUT2D eigenvalue weighted by molar-refractivity contribution is -0.385. The predicted molar refractivity (Wildman–Crippen MR) is 74.1 cm³/mol. The minimum absolute atomic E-state index is 0.206. The van der Waals surface area contributed by atoms with Crippen LogP contribution in [0, 0.1) is 24.0 Å². The van der Waals surface area contributed by atoms with Gasteiger partial charge in [-0.3, -0.25) is 24.9 Å². The highest BCUT2D eigenvalue weighted by Gasteiger charge is 2.26. The van der Waals surface area contributed by atoms with Crippen LogP contribution in [0.3, 0.4) is 0 Å². The first kappa shape index (κ1) is 14.1. The average Bonchev–Trinajstić information content (AvgIpc) is 2.94. The molecule has 0 unspecified atom stereocenters. The van der Waals surface area contributed by atoms with Crippen molar-refractivity contribution in [2.24, 2.45) is 0 Å². The molecule has 0 aromatic carbocycles. The number of hydrogen-bond donors (Lipinski definition) is 1. The van der Waals surface area contributed by atoms with Gasteiger partial charge >= 0.3 is 5.69 Å². The first-order valence-electron chi connectivity index (χ1n) is 5.89. The Bertz CT molecular complexity index is 656. The zero-order valence-electron chi connectivity index (χ0n) is 11.2. The van der Waals surface area contributed by atoms with Gasteiger partial charge in [-0.15, -0.1) is 11.3 Å². The second-order valence-corrected chi connectivity index (χ2v) is 5.29. The Morgan fingerprint density at radius 3 is 2.75 bits per heavy atom. The molecule has 1 N–H and O–H groups in total. The van der Waals surface area contributed by atoms with Crippen molar-refractivity contribution in [1.29, 1.82) is 0 Å². The van der Waals surface area contributed by atoms with Crippen LogP contribution in [0.2, 0.25) is 0 Å². The lowest BCUT2D eigenvalue weighted by atomic mass is 10.3. The fourth-order valence-electron chi connectivity index (χ4n) is 1.55. The summed E-state index contributed by atoms with van der Waals surface area (Å²) in [7, 11) is 0. The smallest absolute Gasteiger partial charge is 0.296 e. The zero-order chi connectivity index (χ0) is 14.9. The van der Waals surface area contributed by atoms with E-state index < -0.39 is 10.8 Å². The van der Waals surface area contributed by atoms with E-state index in [1.807, 2.05) is 13.8 Å². The molecule has 0 spiro atoms. The molecule has 0 bridgehead atoms. The molecule has 2 heterocycles. The molecule has 0 atom stereocenters. The molecular formula is C11H13N5O3S. The first-order valence-corrected chi connectivity index (χ1v) is 6.71. The van der Waals surface area contributed by atoms with Crippen LogP contribution in [0.15, 0.2) is 6.20 Å². The quantitative estimate of drug-likeness (QED) is 0.687. The second kappa shape index (κ2) is 5.37. The monoisotopic (exact) mass is 295 g/mol. The Kier molecular flexibility index (Phi) is 3.79. The van der Waals surface area contributed by atoms with Crippen molar-refractivity contribution in [3.8, 4) is 0 Å². The highest BCUT2D eigenvalue weighted by atomic mass is 32.1. The Labute approximate surface area is 118 Å². The van der Waals surface area contributed by atoms with E-state index >= 15 is 0 Å². The summed E-state index contributed by atoms with van der Waals surface area (Å²) in [5.74, 6) is -0.627. The number of amides is 1. The van der Waals surface area contributed by atoms with Crippen LogP contribution in [-0.2, 0) is 6.54 Å². The van der Waals surface area contributed by atoms with Gasteiger partial charge < -0.3 is 0 Å². The van der Waals surface area contributed by atoms with Gasteiger partial charge in [-0.2, -0.15) is 5.10 Å². The molecule has 1 amide bonds. The highest BCUT2D eigenvalue weighted by Crippen LogP contribution is 2.23. The van der Waals surface area contributed by atoms with Crippen LogP contribution >= 0.6 is 11.3 Å². The SMILES string of the molecule is CCn1cc([N+](=O)[O-])c(C(=O)Nc2nc(C)c(C)s2)n1. The third kappa shape index (κ3) is 2.67. The molecule has 2 rings (SSSR count). The number of hydrogen-bond acceptors (Lipinski definition) is 6. The molecule has 0 aliphatic carbocycles. The molecule has 2 aromatic rings. The molecule has 0 saturated carbocycles. The second-order valence-electron chi connectivity index (χ2n) is 4.09. The first-order chi connectivity index (χ1) is 9.42. The number of rotatable bonds is 4.